The van der Waals surface area contributed by atoms with Gasteiger partial charge in [0.15, 0.2) is 6.10 Å². The monoisotopic (exact) mass is 357 g/mol. The molecule has 18 heavy (non-hydrogen) atoms. The second-order valence-electron chi connectivity index (χ2n) is 3.28. The van der Waals surface area contributed by atoms with Gasteiger partial charge in [0.25, 0.3) is 0 Å². The van der Waals surface area contributed by atoms with Gasteiger partial charge in [-0.2, -0.15) is 0 Å². The largest absolute Gasteiger partial charge is 0.479 e. The van der Waals surface area contributed by atoms with Gasteiger partial charge in [0.1, 0.15) is 0 Å². The Kier molecular flexibility index (Phi) is 5.11. The van der Waals surface area contributed by atoms with Crippen LogP contribution in [0, 0.1) is 0 Å². The van der Waals surface area contributed by atoms with E-state index in [1.54, 1.807) is 0 Å². The van der Waals surface area contributed by atoms with Crippen molar-refractivity contribution in [2.75, 3.05) is 6.54 Å². The topological polar surface area (TPSA) is 104 Å². The molecule has 0 radical (unpaired) electrons. The summed E-state index contributed by atoms with van der Waals surface area (Å²) in [4.78, 5) is 10.3. The van der Waals surface area contributed by atoms with Gasteiger partial charge in [0.2, 0.25) is 10.0 Å². The Morgan fingerprint density at radius 3 is 2.61 bits per heavy atom. The molecule has 100 valence electrons. The van der Waals surface area contributed by atoms with Crippen molar-refractivity contribution < 1.29 is 23.4 Å². The van der Waals surface area contributed by atoms with Gasteiger partial charge in [-0.15, -0.1) is 0 Å². The third kappa shape index (κ3) is 3.92. The van der Waals surface area contributed by atoms with Crippen LogP contribution in [0.2, 0.25) is 5.02 Å². The number of hydrogen-bond acceptors (Lipinski definition) is 4. The molecule has 9 heteroatoms. The molecule has 0 aliphatic heterocycles. The van der Waals surface area contributed by atoms with E-state index in [4.69, 9.17) is 21.8 Å². The third-order valence-electron chi connectivity index (χ3n) is 1.95. The van der Waals surface area contributed by atoms with Crippen LogP contribution in [0.25, 0.3) is 0 Å². The molecule has 0 fully saturated rings. The minimum atomic E-state index is -3.89. The number of rotatable bonds is 5. The summed E-state index contributed by atoms with van der Waals surface area (Å²) in [7, 11) is -3.89. The fourth-order valence-electron chi connectivity index (χ4n) is 1.00. The number of sulfonamides is 1. The van der Waals surface area contributed by atoms with Crippen molar-refractivity contribution in [3.05, 3.63) is 27.7 Å². The molecule has 0 aromatic heterocycles. The Morgan fingerprint density at radius 2 is 2.11 bits per heavy atom. The van der Waals surface area contributed by atoms with Crippen molar-refractivity contribution in [1.29, 1.82) is 0 Å². The van der Waals surface area contributed by atoms with Crippen LogP contribution in [0.1, 0.15) is 0 Å². The fourth-order valence-corrected chi connectivity index (χ4v) is 2.72. The fraction of sp³-hybridized carbons (Fsp3) is 0.222. The molecule has 0 bridgehead atoms. The molecule has 0 spiro atoms. The maximum Gasteiger partial charge on any atom is 0.333 e. The van der Waals surface area contributed by atoms with Crippen molar-refractivity contribution in [1.82, 2.24) is 4.72 Å². The van der Waals surface area contributed by atoms with E-state index >= 15 is 0 Å². The highest BCUT2D eigenvalue weighted by atomic mass is 79.9. The van der Waals surface area contributed by atoms with Crippen LogP contribution < -0.4 is 4.72 Å². The number of nitrogens with one attached hydrogen (secondary N) is 1. The Morgan fingerprint density at radius 1 is 1.50 bits per heavy atom. The van der Waals surface area contributed by atoms with Gasteiger partial charge in [-0.25, -0.2) is 17.9 Å². The van der Waals surface area contributed by atoms with E-state index in [2.05, 4.69) is 15.9 Å². The molecule has 3 N–H and O–H groups in total. The van der Waals surface area contributed by atoms with Gasteiger partial charge in [-0.05, 0) is 34.1 Å². The lowest BCUT2D eigenvalue weighted by atomic mass is 10.4. The molecule has 0 amide bonds. The Labute approximate surface area is 117 Å². The SMILES string of the molecule is O=C(O)[C@@H](O)CNS(=O)(=O)c1ccc(Cl)c(Br)c1. The predicted molar refractivity (Wildman–Crippen MR) is 68.0 cm³/mol. The minimum Gasteiger partial charge on any atom is -0.479 e. The first-order valence-electron chi connectivity index (χ1n) is 4.59. The second-order valence-corrected chi connectivity index (χ2v) is 6.31. The predicted octanol–water partition coefficient (Wildman–Crippen LogP) is 0.826. The van der Waals surface area contributed by atoms with E-state index in [1.165, 1.54) is 18.2 Å². The lowest BCUT2D eigenvalue weighted by molar-refractivity contribution is -0.146. The number of carbonyl (C=O) groups is 1. The Bertz CT molecular complexity index is 562. The van der Waals surface area contributed by atoms with Crippen LogP contribution in [0.15, 0.2) is 27.6 Å². The zero-order valence-electron chi connectivity index (χ0n) is 8.80. The normalized spacial score (nSPS) is 13.3. The number of carboxylic acids is 1. The van der Waals surface area contributed by atoms with Crippen LogP contribution in [-0.4, -0.2) is 37.2 Å². The van der Waals surface area contributed by atoms with Crippen LogP contribution in [-0.2, 0) is 14.8 Å². The molecule has 0 heterocycles. The van der Waals surface area contributed by atoms with E-state index in [1.807, 2.05) is 4.72 Å². The van der Waals surface area contributed by atoms with Gasteiger partial charge in [-0.1, -0.05) is 11.6 Å². The first-order valence-corrected chi connectivity index (χ1v) is 7.25. The Balaban J connectivity index is 2.87. The molecule has 1 rings (SSSR count). The first kappa shape index (κ1) is 15.4. The summed E-state index contributed by atoms with van der Waals surface area (Å²) in [6.45, 7) is -0.613. The first-order chi connectivity index (χ1) is 8.24. The van der Waals surface area contributed by atoms with Gasteiger partial charge in [-0.3, -0.25) is 0 Å². The lowest BCUT2D eigenvalue weighted by Crippen LogP contribution is -2.36. The van der Waals surface area contributed by atoms with Gasteiger partial charge < -0.3 is 10.2 Å². The molecule has 6 nitrogen and oxygen atoms in total. The van der Waals surface area contributed by atoms with Gasteiger partial charge in [0.05, 0.1) is 9.92 Å². The number of aliphatic carboxylic acids is 1. The molecular formula is C9H9BrClNO5S. The zero-order chi connectivity index (χ0) is 13.9. The molecule has 0 saturated carbocycles. The van der Waals surface area contributed by atoms with Gasteiger partial charge >= 0.3 is 5.97 Å². The highest BCUT2D eigenvalue weighted by Crippen LogP contribution is 2.25. The number of hydrogen-bond donors (Lipinski definition) is 3. The number of halogens is 2. The van der Waals surface area contributed by atoms with Crippen molar-refractivity contribution in [3.63, 3.8) is 0 Å². The van der Waals surface area contributed by atoms with Crippen LogP contribution in [0.3, 0.4) is 0 Å². The van der Waals surface area contributed by atoms with Crippen molar-refractivity contribution >= 4 is 43.5 Å². The average Bonchev–Trinajstić information content (AvgIpc) is 2.29. The van der Waals surface area contributed by atoms with E-state index in [0.29, 0.717) is 9.50 Å². The standard InChI is InChI=1S/C9H9BrClNO5S/c10-6-3-5(1-2-7(6)11)18(16,17)12-4-8(13)9(14)15/h1-3,8,12-13H,4H2,(H,14,15)/t8-/m0/s1. The number of benzene rings is 1. The molecule has 1 aromatic rings. The minimum absolute atomic E-state index is 0.0867. The molecule has 0 saturated heterocycles. The maximum atomic E-state index is 11.7. The van der Waals surface area contributed by atoms with Crippen LogP contribution in [0.5, 0.6) is 0 Å². The molecule has 0 unspecified atom stereocenters. The molecule has 1 aromatic carbocycles. The van der Waals surface area contributed by atoms with Crippen molar-refractivity contribution in [2.45, 2.75) is 11.0 Å². The smallest absolute Gasteiger partial charge is 0.333 e. The second kappa shape index (κ2) is 5.98. The Hall–Kier alpha value is -0.670. The van der Waals surface area contributed by atoms with Crippen LogP contribution in [0.4, 0.5) is 0 Å². The summed E-state index contributed by atoms with van der Waals surface area (Å²) in [6, 6.07) is 3.92. The summed E-state index contributed by atoms with van der Waals surface area (Å²) < 4.78 is 25.9. The molecule has 0 aliphatic rings. The summed E-state index contributed by atoms with van der Waals surface area (Å²) in [6.07, 6.45) is -1.80. The highest BCUT2D eigenvalue weighted by Gasteiger charge is 2.19. The third-order valence-corrected chi connectivity index (χ3v) is 4.59. The number of aliphatic hydroxyl groups is 1. The lowest BCUT2D eigenvalue weighted by Gasteiger charge is -2.09. The van der Waals surface area contributed by atoms with E-state index in [-0.39, 0.29) is 4.90 Å². The van der Waals surface area contributed by atoms with Crippen molar-refractivity contribution in [2.24, 2.45) is 0 Å². The maximum absolute atomic E-state index is 11.7. The summed E-state index contributed by atoms with van der Waals surface area (Å²) in [5.74, 6) is -1.50. The van der Waals surface area contributed by atoms with E-state index in [9.17, 15) is 13.2 Å². The summed E-state index contributed by atoms with van der Waals surface area (Å²) in [5, 5.41) is 17.7. The van der Waals surface area contributed by atoms with Crippen molar-refractivity contribution in [3.8, 4) is 0 Å². The zero-order valence-corrected chi connectivity index (χ0v) is 12.0. The summed E-state index contributed by atoms with van der Waals surface area (Å²) >= 11 is 8.79. The van der Waals surface area contributed by atoms with Gasteiger partial charge in [0, 0.05) is 11.0 Å². The number of carboxylic acid groups (broad SMARTS) is 1. The highest BCUT2D eigenvalue weighted by molar-refractivity contribution is 9.10. The average molecular weight is 359 g/mol. The number of aliphatic hydroxyl groups excluding tert-OH is 1. The molecule has 1 atom stereocenters. The molecular weight excluding hydrogens is 350 g/mol. The molecule has 0 aliphatic carbocycles. The quantitative estimate of drug-likeness (QED) is 0.723. The van der Waals surface area contributed by atoms with E-state index in [0.717, 1.165) is 0 Å². The van der Waals surface area contributed by atoms with Crippen LogP contribution >= 0.6 is 27.5 Å². The summed E-state index contributed by atoms with van der Waals surface area (Å²) in [5.41, 5.74) is 0. The van der Waals surface area contributed by atoms with E-state index < -0.39 is 28.6 Å².